The largest absolute Gasteiger partial charge is 0.444 e. The molecule has 1 saturated heterocycles. The molecule has 1 aliphatic heterocycles. The maximum Gasteiger partial charge on any atom is 0.411 e. The lowest BCUT2D eigenvalue weighted by molar-refractivity contribution is 0.0152. The molecule has 0 aliphatic carbocycles. The zero-order valence-electron chi connectivity index (χ0n) is 16.2. The van der Waals surface area contributed by atoms with E-state index in [0.29, 0.717) is 0 Å². The number of H-pyrrole nitrogens is 1. The molecule has 1 fully saturated rings. The van der Waals surface area contributed by atoms with Crippen LogP contribution in [0.25, 0.3) is 21.8 Å². The van der Waals surface area contributed by atoms with E-state index in [4.69, 9.17) is 17.6 Å². The van der Waals surface area contributed by atoms with Crippen LogP contribution in [0.1, 0.15) is 52.4 Å². The minimum absolute atomic E-state index is 0.105. The van der Waals surface area contributed by atoms with Crippen molar-refractivity contribution in [2.75, 3.05) is 0 Å². The number of amides is 1. The fourth-order valence-electron chi connectivity index (χ4n) is 3.87. The Hall–Kier alpha value is -2.50. The van der Waals surface area contributed by atoms with Gasteiger partial charge in [-0.05, 0) is 52.0 Å². The van der Waals surface area contributed by atoms with Gasteiger partial charge in [-0.3, -0.25) is 4.90 Å². The first-order chi connectivity index (χ1) is 12.7. The van der Waals surface area contributed by atoms with Gasteiger partial charge >= 0.3 is 6.09 Å². The summed E-state index contributed by atoms with van der Waals surface area (Å²) in [5, 5.41) is 2.11. The summed E-state index contributed by atoms with van der Waals surface area (Å²) in [7, 11) is 5.90. The molecule has 1 aliphatic rings. The maximum atomic E-state index is 12.8. The van der Waals surface area contributed by atoms with Gasteiger partial charge in [0.15, 0.2) is 0 Å². The van der Waals surface area contributed by atoms with Crippen molar-refractivity contribution in [3.05, 3.63) is 36.2 Å². The van der Waals surface area contributed by atoms with Crippen LogP contribution in [0, 0.1) is 0 Å². The van der Waals surface area contributed by atoms with Crippen LogP contribution in [0.2, 0.25) is 0 Å². The van der Waals surface area contributed by atoms with Crippen molar-refractivity contribution in [2.24, 2.45) is 0 Å². The lowest BCUT2D eigenvalue weighted by Gasteiger charge is -2.30. The van der Waals surface area contributed by atoms with Gasteiger partial charge in [-0.25, -0.2) is 9.78 Å². The van der Waals surface area contributed by atoms with E-state index in [2.05, 4.69) is 11.9 Å². The SMILES string of the molecule is [B]c1ccc2c(ccc3[nH]c([C@@H]4CC[C@H](C)N4C(=O)OC(C)(C)C)nc32)c1. The molecule has 4 rings (SSSR count). The predicted molar refractivity (Wildman–Crippen MR) is 108 cm³/mol. The number of nitrogens with one attached hydrogen (secondary N) is 1. The Balaban J connectivity index is 1.74. The van der Waals surface area contributed by atoms with Crippen molar-refractivity contribution in [1.82, 2.24) is 14.9 Å². The lowest BCUT2D eigenvalue weighted by Crippen LogP contribution is -2.40. The maximum absolute atomic E-state index is 12.8. The summed E-state index contributed by atoms with van der Waals surface area (Å²) in [6, 6.07) is 9.92. The summed E-state index contributed by atoms with van der Waals surface area (Å²) in [6.45, 7) is 7.73. The van der Waals surface area contributed by atoms with Crippen LogP contribution in [0.3, 0.4) is 0 Å². The number of nitrogens with zero attached hydrogens (tertiary/aromatic N) is 2. The third-order valence-electron chi connectivity index (χ3n) is 5.10. The van der Waals surface area contributed by atoms with Crippen molar-refractivity contribution < 1.29 is 9.53 Å². The first kappa shape index (κ1) is 17.9. The van der Waals surface area contributed by atoms with Crippen LogP contribution in [0.15, 0.2) is 30.3 Å². The molecule has 0 spiro atoms. The van der Waals surface area contributed by atoms with E-state index < -0.39 is 5.60 Å². The smallest absolute Gasteiger partial charge is 0.411 e. The number of hydrogen-bond donors (Lipinski definition) is 1. The van der Waals surface area contributed by atoms with Crippen molar-refractivity contribution in [3.63, 3.8) is 0 Å². The molecule has 6 heteroatoms. The molecule has 0 saturated carbocycles. The molecular weight excluding hydrogens is 337 g/mol. The third-order valence-corrected chi connectivity index (χ3v) is 5.10. The standard InChI is InChI=1S/C21H24BN3O2/c1-12-5-10-17(25(12)20(26)27-21(2,3)4)19-23-16-9-6-13-11-14(22)7-8-15(13)18(16)24-19/h6-9,11-12,17H,5,10H2,1-4H3,(H,23,24)/t12-,17-/m0/s1. The number of benzene rings is 2. The van der Waals surface area contributed by atoms with Crippen LogP contribution in [-0.2, 0) is 4.74 Å². The van der Waals surface area contributed by atoms with Crippen LogP contribution >= 0.6 is 0 Å². The Labute approximate surface area is 160 Å². The molecule has 27 heavy (non-hydrogen) atoms. The molecule has 0 unspecified atom stereocenters. The first-order valence-electron chi connectivity index (χ1n) is 9.42. The molecule has 2 atom stereocenters. The van der Waals surface area contributed by atoms with Crippen LogP contribution < -0.4 is 5.46 Å². The van der Waals surface area contributed by atoms with Crippen molar-refractivity contribution in [1.29, 1.82) is 0 Å². The average Bonchev–Trinajstić information content (AvgIpc) is 3.16. The Kier molecular flexibility index (Phi) is 4.17. The summed E-state index contributed by atoms with van der Waals surface area (Å²) in [5.41, 5.74) is 2.09. The number of carbonyl (C=O) groups excluding carboxylic acids is 1. The van der Waals surface area contributed by atoms with Crippen LogP contribution in [0.5, 0.6) is 0 Å². The second-order valence-electron chi connectivity index (χ2n) is 8.39. The van der Waals surface area contributed by atoms with Crippen molar-refractivity contribution in [3.8, 4) is 0 Å². The third kappa shape index (κ3) is 3.29. The Morgan fingerprint density at radius 1 is 1.26 bits per heavy atom. The normalized spacial score (nSPS) is 20.5. The molecule has 1 aromatic heterocycles. The predicted octanol–water partition coefficient (Wildman–Crippen LogP) is 3.97. The monoisotopic (exact) mass is 361 g/mol. The second kappa shape index (κ2) is 6.29. The van der Waals surface area contributed by atoms with Gasteiger partial charge in [0.1, 0.15) is 19.3 Å². The van der Waals surface area contributed by atoms with E-state index in [1.165, 1.54) is 0 Å². The fourth-order valence-corrected chi connectivity index (χ4v) is 3.87. The second-order valence-corrected chi connectivity index (χ2v) is 8.39. The molecule has 5 nitrogen and oxygen atoms in total. The highest BCUT2D eigenvalue weighted by Crippen LogP contribution is 2.37. The zero-order chi connectivity index (χ0) is 19.3. The van der Waals surface area contributed by atoms with Gasteiger partial charge < -0.3 is 9.72 Å². The van der Waals surface area contributed by atoms with Gasteiger partial charge in [-0.15, -0.1) is 0 Å². The Morgan fingerprint density at radius 3 is 2.78 bits per heavy atom. The summed E-state index contributed by atoms with van der Waals surface area (Å²) < 4.78 is 5.63. The number of aromatic nitrogens is 2. The highest BCUT2D eigenvalue weighted by atomic mass is 16.6. The van der Waals surface area contributed by atoms with E-state index in [0.717, 1.165) is 45.9 Å². The molecule has 138 valence electrons. The summed E-state index contributed by atoms with van der Waals surface area (Å²) in [6.07, 6.45) is 1.51. The van der Waals surface area contributed by atoms with Gasteiger partial charge in [0.05, 0.1) is 17.1 Å². The highest BCUT2D eigenvalue weighted by molar-refractivity contribution is 6.33. The molecule has 2 radical (unpaired) electrons. The zero-order valence-corrected chi connectivity index (χ0v) is 16.2. The van der Waals surface area contributed by atoms with E-state index in [9.17, 15) is 4.79 Å². The number of likely N-dealkylation sites (tertiary alicyclic amines) is 1. The summed E-state index contributed by atoms with van der Waals surface area (Å²) >= 11 is 0. The summed E-state index contributed by atoms with van der Waals surface area (Å²) in [4.78, 5) is 22.9. The number of imidazole rings is 1. The number of fused-ring (bicyclic) bond motifs is 3. The van der Waals surface area contributed by atoms with Crippen molar-refractivity contribution in [2.45, 2.75) is 58.2 Å². The molecule has 1 N–H and O–H groups in total. The molecule has 2 heterocycles. The molecule has 3 aromatic rings. The molecule has 2 aromatic carbocycles. The fraction of sp³-hybridized carbons (Fsp3) is 0.429. The Bertz CT molecular complexity index is 1020. The summed E-state index contributed by atoms with van der Waals surface area (Å²) in [5.74, 6) is 0.810. The topological polar surface area (TPSA) is 58.2 Å². The minimum atomic E-state index is -0.520. The average molecular weight is 361 g/mol. The van der Waals surface area contributed by atoms with Crippen LogP contribution in [0.4, 0.5) is 4.79 Å². The molecule has 1 amide bonds. The van der Waals surface area contributed by atoms with Gasteiger partial charge in [0, 0.05) is 11.4 Å². The van der Waals surface area contributed by atoms with E-state index in [1.807, 2.05) is 56.0 Å². The van der Waals surface area contributed by atoms with Crippen LogP contribution in [-0.4, -0.2) is 40.5 Å². The molecule has 0 bridgehead atoms. The van der Waals surface area contributed by atoms with Gasteiger partial charge in [-0.1, -0.05) is 29.7 Å². The first-order valence-corrected chi connectivity index (χ1v) is 9.42. The minimum Gasteiger partial charge on any atom is -0.444 e. The van der Waals surface area contributed by atoms with E-state index >= 15 is 0 Å². The van der Waals surface area contributed by atoms with Crippen molar-refractivity contribution >= 4 is 41.2 Å². The quantitative estimate of drug-likeness (QED) is 0.668. The lowest BCUT2D eigenvalue weighted by atomic mass is 9.93. The molecular formula is C21H24BN3O2. The number of carbonyl (C=O) groups is 1. The highest BCUT2D eigenvalue weighted by Gasteiger charge is 2.39. The van der Waals surface area contributed by atoms with E-state index in [-0.39, 0.29) is 18.2 Å². The van der Waals surface area contributed by atoms with Gasteiger partial charge in [0.25, 0.3) is 0 Å². The number of ether oxygens (including phenoxy) is 1. The van der Waals surface area contributed by atoms with Gasteiger partial charge in [0.2, 0.25) is 0 Å². The number of rotatable bonds is 1. The number of hydrogen-bond acceptors (Lipinski definition) is 3. The van der Waals surface area contributed by atoms with E-state index in [1.54, 1.807) is 0 Å². The Morgan fingerprint density at radius 2 is 2.04 bits per heavy atom. The number of aromatic amines is 1. The van der Waals surface area contributed by atoms with Gasteiger partial charge in [-0.2, -0.15) is 0 Å².